The molecule has 0 saturated heterocycles. The smallest absolute Gasteiger partial charge is 0.207 e. The molecule has 0 aliphatic heterocycles. The van der Waals surface area contributed by atoms with Crippen molar-refractivity contribution in [1.29, 1.82) is 0 Å². The number of benzene rings is 1. The molecule has 0 bridgehead atoms. The van der Waals surface area contributed by atoms with Gasteiger partial charge in [0.2, 0.25) is 10.0 Å². The van der Waals surface area contributed by atoms with Crippen molar-refractivity contribution in [3.8, 4) is 0 Å². The Morgan fingerprint density at radius 3 is 2.53 bits per heavy atom. The van der Waals surface area contributed by atoms with Gasteiger partial charge in [-0.1, -0.05) is 6.92 Å². The molecule has 0 radical (unpaired) electrons. The van der Waals surface area contributed by atoms with Crippen LogP contribution in [0.4, 0.5) is 4.39 Å². The van der Waals surface area contributed by atoms with Gasteiger partial charge in [-0.05, 0) is 43.5 Å². The molecule has 0 unspecified atom stereocenters. The van der Waals surface area contributed by atoms with Crippen LogP contribution < -0.4 is 0 Å². The van der Waals surface area contributed by atoms with E-state index in [0.29, 0.717) is 12.1 Å². The summed E-state index contributed by atoms with van der Waals surface area (Å²) in [5.74, 6) is -0.376. The Bertz CT molecular complexity index is 523. The van der Waals surface area contributed by atoms with E-state index in [1.807, 2.05) is 6.92 Å². The predicted molar refractivity (Wildman–Crippen MR) is 63.7 cm³/mol. The van der Waals surface area contributed by atoms with Gasteiger partial charge in [-0.25, -0.2) is 12.8 Å². The van der Waals surface area contributed by atoms with Gasteiger partial charge >= 0.3 is 0 Å². The van der Waals surface area contributed by atoms with Crippen LogP contribution in [0.1, 0.15) is 25.3 Å². The van der Waals surface area contributed by atoms with E-state index in [1.165, 1.54) is 22.5 Å². The lowest BCUT2D eigenvalue weighted by atomic mass is 10.2. The normalized spacial score (nSPS) is 16.5. The molecule has 1 fully saturated rings. The average molecular weight is 257 g/mol. The van der Waals surface area contributed by atoms with Crippen LogP contribution in [0.3, 0.4) is 0 Å². The standard InChI is InChI=1S/C12H16FNO2S/c1-3-14(10-4-5-10)17(15,16)11-6-7-12(13)9(2)8-11/h6-8,10H,3-5H2,1-2H3. The molecule has 94 valence electrons. The lowest BCUT2D eigenvalue weighted by molar-refractivity contribution is 0.421. The van der Waals surface area contributed by atoms with E-state index in [-0.39, 0.29) is 16.8 Å². The summed E-state index contributed by atoms with van der Waals surface area (Å²) in [6.45, 7) is 3.86. The molecular weight excluding hydrogens is 241 g/mol. The second kappa shape index (κ2) is 4.38. The van der Waals surface area contributed by atoms with E-state index >= 15 is 0 Å². The van der Waals surface area contributed by atoms with Crippen molar-refractivity contribution in [2.24, 2.45) is 0 Å². The number of halogens is 1. The Morgan fingerprint density at radius 2 is 2.06 bits per heavy atom. The number of hydrogen-bond donors (Lipinski definition) is 0. The van der Waals surface area contributed by atoms with Crippen molar-refractivity contribution in [3.63, 3.8) is 0 Å². The van der Waals surface area contributed by atoms with Crippen molar-refractivity contribution in [1.82, 2.24) is 4.31 Å². The van der Waals surface area contributed by atoms with Gasteiger partial charge in [0.15, 0.2) is 0 Å². The molecule has 1 saturated carbocycles. The van der Waals surface area contributed by atoms with Crippen LogP contribution in [-0.2, 0) is 10.0 Å². The Labute approximate surface area is 101 Å². The number of nitrogens with zero attached hydrogens (tertiary/aromatic N) is 1. The Kier molecular flexibility index (Phi) is 3.23. The summed E-state index contributed by atoms with van der Waals surface area (Å²) in [6, 6.07) is 4.08. The molecule has 1 aromatic carbocycles. The van der Waals surface area contributed by atoms with Crippen molar-refractivity contribution in [2.45, 2.75) is 37.6 Å². The first kappa shape index (κ1) is 12.5. The molecule has 17 heavy (non-hydrogen) atoms. The largest absolute Gasteiger partial charge is 0.243 e. The zero-order valence-electron chi connectivity index (χ0n) is 9.98. The van der Waals surface area contributed by atoms with Crippen molar-refractivity contribution < 1.29 is 12.8 Å². The topological polar surface area (TPSA) is 37.4 Å². The number of aryl methyl sites for hydroxylation is 1. The molecule has 0 amide bonds. The van der Waals surface area contributed by atoms with Gasteiger partial charge in [0.1, 0.15) is 5.82 Å². The first-order chi connectivity index (χ1) is 7.96. The molecular formula is C12H16FNO2S. The summed E-state index contributed by atoms with van der Waals surface area (Å²) in [7, 11) is -3.46. The summed E-state index contributed by atoms with van der Waals surface area (Å²) in [5.41, 5.74) is 0.359. The maximum atomic E-state index is 13.1. The summed E-state index contributed by atoms with van der Waals surface area (Å²) in [4.78, 5) is 0.185. The lowest BCUT2D eigenvalue weighted by Crippen LogP contribution is -2.32. The lowest BCUT2D eigenvalue weighted by Gasteiger charge is -2.20. The second-order valence-corrected chi connectivity index (χ2v) is 6.24. The van der Waals surface area contributed by atoms with E-state index < -0.39 is 10.0 Å². The summed E-state index contributed by atoms with van der Waals surface area (Å²) >= 11 is 0. The van der Waals surface area contributed by atoms with Gasteiger partial charge in [0.05, 0.1) is 4.90 Å². The maximum Gasteiger partial charge on any atom is 0.243 e. The van der Waals surface area contributed by atoms with Crippen LogP contribution in [0, 0.1) is 12.7 Å². The molecule has 0 heterocycles. The summed E-state index contributed by atoms with van der Waals surface area (Å²) in [5, 5.41) is 0. The molecule has 0 atom stereocenters. The van der Waals surface area contributed by atoms with Gasteiger partial charge in [-0.15, -0.1) is 0 Å². The maximum absolute atomic E-state index is 13.1. The Balaban J connectivity index is 2.39. The first-order valence-electron chi connectivity index (χ1n) is 5.75. The minimum atomic E-state index is -3.46. The van der Waals surface area contributed by atoms with Gasteiger partial charge in [0, 0.05) is 12.6 Å². The third kappa shape index (κ3) is 2.35. The molecule has 0 N–H and O–H groups in total. The zero-order valence-corrected chi connectivity index (χ0v) is 10.8. The summed E-state index contributed by atoms with van der Waals surface area (Å²) < 4.78 is 39.3. The average Bonchev–Trinajstić information content (AvgIpc) is 3.07. The molecule has 1 aliphatic carbocycles. The van der Waals surface area contributed by atoms with E-state index in [9.17, 15) is 12.8 Å². The van der Waals surface area contributed by atoms with Crippen LogP contribution in [0.25, 0.3) is 0 Å². The highest BCUT2D eigenvalue weighted by Gasteiger charge is 2.36. The third-order valence-corrected chi connectivity index (χ3v) is 5.03. The fourth-order valence-electron chi connectivity index (χ4n) is 1.90. The molecule has 0 spiro atoms. The van der Waals surface area contributed by atoms with Gasteiger partial charge in [0.25, 0.3) is 0 Å². The van der Waals surface area contributed by atoms with Crippen LogP contribution in [0.2, 0.25) is 0 Å². The van der Waals surface area contributed by atoms with E-state index in [1.54, 1.807) is 6.92 Å². The quantitative estimate of drug-likeness (QED) is 0.830. The van der Waals surface area contributed by atoms with Gasteiger partial charge < -0.3 is 0 Å². The van der Waals surface area contributed by atoms with Crippen LogP contribution in [0.5, 0.6) is 0 Å². The summed E-state index contributed by atoms with van der Waals surface area (Å²) in [6.07, 6.45) is 1.85. The van der Waals surface area contributed by atoms with E-state index in [2.05, 4.69) is 0 Å². The Hall–Kier alpha value is -0.940. The van der Waals surface area contributed by atoms with Crippen LogP contribution in [-0.4, -0.2) is 25.3 Å². The van der Waals surface area contributed by atoms with Crippen molar-refractivity contribution in [3.05, 3.63) is 29.6 Å². The first-order valence-corrected chi connectivity index (χ1v) is 7.19. The molecule has 5 heteroatoms. The van der Waals surface area contributed by atoms with Gasteiger partial charge in [-0.3, -0.25) is 0 Å². The molecule has 2 rings (SSSR count). The minimum absolute atomic E-state index is 0.135. The van der Waals surface area contributed by atoms with Crippen molar-refractivity contribution in [2.75, 3.05) is 6.54 Å². The minimum Gasteiger partial charge on any atom is -0.207 e. The highest BCUT2D eigenvalue weighted by Crippen LogP contribution is 2.31. The highest BCUT2D eigenvalue weighted by molar-refractivity contribution is 7.89. The SMILES string of the molecule is CCN(C1CC1)S(=O)(=O)c1ccc(F)c(C)c1. The Morgan fingerprint density at radius 1 is 1.41 bits per heavy atom. The molecule has 1 aliphatic rings. The molecule has 0 aromatic heterocycles. The third-order valence-electron chi connectivity index (χ3n) is 3.00. The van der Waals surface area contributed by atoms with Gasteiger partial charge in [-0.2, -0.15) is 4.31 Å². The van der Waals surface area contributed by atoms with Crippen LogP contribution >= 0.6 is 0 Å². The number of sulfonamides is 1. The fourth-order valence-corrected chi connectivity index (χ4v) is 3.68. The van der Waals surface area contributed by atoms with E-state index in [0.717, 1.165) is 12.8 Å². The second-order valence-electron chi connectivity index (χ2n) is 4.35. The van der Waals surface area contributed by atoms with Crippen LogP contribution in [0.15, 0.2) is 23.1 Å². The molecule has 1 aromatic rings. The number of rotatable bonds is 4. The molecule has 3 nitrogen and oxygen atoms in total. The van der Waals surface area contributed by atoms with E-state index in [4.69, 9.17) is 0 Å². The van der Waals surface area contributed by atoms with Crippen molar-refractivity contribution >= 4 is 10.0 Å². The zero-order chi connectivity index (χ0) is 12.6. The monoisotopic (exact) mass is 257 g/mol. The predicted octanol–water partition coefficient (Wildman–Crippen LogP) is 2.31. The number of hydrogen-bond acceptors (Lipinski definition) is 2. The highest BCUT2D eigenvalue weighted by atomic mass is 32.2. The fraction of sp³-hybridized carbons (Fsp3) is 0.500.